The van der Waals surface area contributed by atoms with Gasteiger partial charge in [0.1, 0.15) is 0 Å². The van der Waals surface area contributed by atoms with Crippen molar-refractivity contribution >= 4 is 5.91 Å². The van der Waals surface area contributed by atoms with Crippen molar-refractivity contribution in [3.63, 3.8) is 0 Å². The van der Waals surface area contributed by atoms with E-state index in [1.54, 1.807) is 0 Å². The molecule has 0 spiro atoms. The molecule has 16 heavy (non-hydrogen) atoms. The van der Waals surface area contributed by atoms with Gasteiger partial charge in [-0.15, -0.1) is 0 Å². The second-order valence-electron chi connectivity index (χ2n) is 5.20. The highest BCUT2D eigenvalue weighted by molar-refractivity contribution is 5.81. The van der Waals surface area contributed by atoms with E-state index in [-0.39, 0.29) is 17.4 Å². The van der Waals surface area contributed by atoms with Gasteiger partial charge in [0.2, 0.25) is 5.91 Å². The first-order chi connectivity index (χ1) is 7.52. The second kappa shape index (κ2) is 5.64. The molecule has 0 aromatic heterocycles. The first-order valence-corrected chi connectivity index (χ1v) is 6.24. The summed E-state index contributed by atoms with van der Waals surface area (Å²) < 4.78 is 0. The zero-order valence-corrected chi connectivity index (χ0v) is 10.8. The van der Waals surface area contributed by atoms with Crippen molar-refractivity contribution in [3.8, 4) is 0 Å². The van der Waals surface area contributed by atoms with Gasteiger partial charge in [0, 0.05) is 13.1 Å². The van der Waals surface area contributed by atoms with Gasteiger partial charge in [-0.2, -0.15) is 0 Å². The number of hydrogen-bond donors (Lipinski definition) is 2. The summed E-state index contributed by atoms with van der Waals surface area (Å²) in [6.45, 7) is 9.62. The molecular formula is C12H25N3O. The number of nitrogens with two attached hydrogens (primary N) is 1. The minimum Gasteiger partial charge on any atom is -0.355 e. The largest absolute Gasteiger partial charge is 0.355 e. The van der Waals surface area contributed by atoms with E-state index in [0.29, 0.717) is 6.54 Å². The van der Waals surface area contributed by atoms with Crippen LogP contribution in [0.1, 0.15) is 33.6 Å². The van der Waals surface area contributed by atoms with Gasteiger partial charge in [0.05, 0.1) is 6.04 Å². The summed E-state index contributed by atoms with van der Waals surface area (Å²) in [5, 5.41) is 2.94. The van der Waals surface area contributed by atoms with Crippen LogP contribution in [0.2, 0.25) is 0 Å². The van der Waals surface area contributed by atoms with Gasteiger partial charge in [0.15, 0.2) is 0 Å². The molecule has 0 aliphatic carbocycles. The molecule has 2 unspecified atom stereocenters. The summed E-state index contributed by atoms with van der Waals surface area (Å²) in [5.74, 6) is 0.142. The Hall–Kier alpha value is -0.610. The van der Waals surface area contributed by atoms with E-state index in [1.165, 1.54) is 0 Å². The quantitative estimate of drug-likeness (QED) is 0.722. The first kappa shape index (κ1) is 13.5. The van der Waals surface area contributed by atoms with E-state index in [0.717, 1.165) is 32.5 Å². The Bertz CT molecular complexity index is 244. The number of nitrogens with zero attached hydrogens (tertiary/aromatic N) is 1. The molecular weight excluding hydrogens is 202 g/mol. The molecule has 1 amide bonds. The minimum absolute atomic E-state index is 0.0278. The highest BCUT2D eigenvalue weighted by Crippen LogP contribution is 2.29. The Morgan fingerprint density at radius 1 is 1.62 bits per heavy atom. The number of hydrogen-bond acceptors (Lipinski definition) is 3. The molecule has 4 nitrogen and oxygen atoms in total. The molecule has 1 saturated heterocycles. The molecule has 0 saturated carbocycles. The molecule has 1 aliphatic heterocycles. The van der Waals surface area contributed by atoms with Crippen molar-refractivity contribution in [2.75, 3.05) is 26.2 Å². The number of nitrogens with one attached hydrogen (secondary N) is 1. The van der Waals surface area contributed by atoms with Crippen LogP contribution >= 0.6 is 0 Å². The SMILES string of the molecule is CCCNC(=O)C(C)N1CCC(C)(CN)C1. The number of carbonyl (C=O) groups is 1. The third kappa shape index (κ3) is 3.19. The summed E-state index contributed by atoms with van der Waals surface area (Å²) in [6.07, 6.45) is 2.08. The third-order valence-corrected chi connectivity index (χ3v) is 3.56. The maximum absolute atomic E-state index is 11.8. The van der Waals surface area contributed by atoms with Crippen molar-refractivity contribution in [3.05, 3.63) is 0 Å². The van der Waals surface area contributed by atoms with E-state index in [9.17, 15) is 4.79 Å². The summed E-state index contributed by atoms with van der Waals surface area (Å²) in [7, 11) is 0. The lowest BCUT2D eigenvalue weighted by atomic mass is 9.90. The van der Waals surface area contributed by atoms with E-state index < -0.39 is 0 Å². The normalized spacial score (nSPS) is 28.0. The van der Waals surface area contributed by atoms with Crippen molar-refractivity contribution in [1.29, 1.82) is 0 Å². The zero-order chi connectivity index (χ0) is 12.2. The summed E-state index contributed by atoms with van der Waals surface area (Å²) in [5.41, 5.74) is 5.95. The van der Waals surface area contributed by atoms with E-state index in [1.807, 2.05) is 6.92 Å². The molecule has 4 heteroatoms. The van der Waals surface area contributed by atoms with Crippen LogP contribution in [-0.2, 0) is 4.79 Å². The molecule has 1 fully saturated rings. The van der Waals surface area contributed by atoms with Crippen molar-refractivity contribution in [1.82, 2.24) is 10.2 Å². The number of carbonyl (C=O) groups excluding carboxylic acids is 1. The predicted octanol–water partition coefficient (Wildman–Crippen LogP) is 0.572. The van der Waals surface area contributed by atoms with Crippen LogP contribution in [0.5, 0.6) is 0 Å². The lowest BCUT2D eigenvalue weighted by Crippen LogP contribution is -2.45. The van der Waals surface area contributed by atoms with E-state index in [4.69, 9.17) is 5.73 Å². The van der Waals surface area contributed by atoms with Crippen molar-refractivity contribution in [2.24, 2.45) is 11.1 Å². The van der Waals surface area contributed by atoms with Gasteiger partial charge >= 0.3 is 0 Å². The Morgan fingerprint density at radius 2 is 2.31 bits per heavy atom. The van der Waals surface area contributed by atoms with Crippen LogP contribution in [-0.4, -0.2) is 43.0 Å². The summed E-state index contributed by atoms with van der Waals surface area (Å²) in [4.78, 5) is 14.0. The fourth-order valence-corrected chi connectivity index (χ4v) is 2.12. The lowest BCUT2D eigenvalue weighted by molar-refractivity contribution is -0.125. The highest BCUT2D eigenvalue weighted by Gasteiger charge is 2.36. The van der Waals surface area contributed by atoms with Crippen molar-refractivity contribution in [2.45, 2.75) is 39.7 Å². The topological polar surface area (TPSA) is 58.4 Å². The smallest absolute Gasteiger partial charge is 0.237 e. The van der Waals surface area contributed by atoms with Crippen LogP contribution in [0, 0.1) is 5.41 Å². The Morgan fingerprint density at radius 3 is 2.81 bits per heavy atom. The minimum atomic E-state index is -0.0278. The maximum atomic E-state index is 11.8. The maximum Gasteiger partial charge on any atom is 0.237 e. The molecule has 94 valence electrons. The van der Waals surface area contributed by atoms with Crippen LogP contribution in [0.25, 0.3) is 0 Å². The fourth-order valence-electron chi connectivity index (χ4n) is 2.12. The average Bonchev–Trinajstić information content (AvgIpc) is 2.68. The molecule has 3 N–H and O–H groups in total. The van der Waals surface area contributed by atoms with Gasteiger partial charge < -0.3 is 11.1 Å². The number of likely N-dealkylation sites (tertiary alicyclic amines) is 1. The fraction of sp³-hybridized carbons (Fsp3) is 0.917. The third-order valence-electron chi connectivity index (χ3n) is 3.56. The molecule has 1 heterocycles. The monoisotopic (exact) mass is 227 g/mol. The number of rotatable bonds is 5. The molecule has 1 aliphatic rings. The Kier molecular flexibility index (Phi) is 4.74. The summed E-state index contributed by atoms with van der Waals surface area (Å²) in [6, 6.07) is -0.0278. The van der Waals surface area contributed by atoms with Gasteiger partial charge in [-0.3, -0.25) is 9.69 Å². The van der Waals surface area contributed by atoms with Crippen molar-refractivity contribution < 1.29 is 4.79 Å². The van der Waals surface area contributed by atoms with Gasteiger partial charge in [-0.1, -0.05) is 13.8 Å². The molecule has 0 bridgehead atoms. The van der Waals surface area contributed by atoms with Gasteiger partial charge in [-0.05, 0) is 38.3 Å². The molecule has 2 atom stereocenters. The van der Waals surface area contributed by atoms with E-state index >= 15 is 0 Å². The van der Waals surface area contributed by atoms with Crippen LogP contribution < -0.4 is 11.1 Å². The number of amides is 1. The van der Waals surface area contributed by atoms with Crippen LogP contribution in [0.3, 0.4) is 0 Å². The van der Waals surface area contributed by atoms with Crippen LogP contribution in [0.15, 0.2) is 0 Å². The van der Waals surface area contributed by atoms with Gasteiger partial charge in [0.25, 0.3) is 0 Å². The Balaban J connectivity index is 2.44. The lowest BCUT2D eigenvalue weighted by Gasteiger charge is -2.26. The van der Waals surface area contributed by atoms with Gasteiger partial charge in [-0.25, -0.2) is 0 Å². The van der Waals surface area contributed by atoms with Crippen LogP contribution in [0.4, 0.5) is 0 Å². The zero-order valence-electron chi connectivity index (χ0n) is 10.8. The summed E-state index contributed by atoms with van der Waals surface area (Å²) >= 11 is 0. The standard InChI is InChI=1S/C12H25N3O/c1-4-6-14-11(16)10(2)15-7-5-12(3,8-13)9-15/h10H,4-9,13H2,1-3H3,(H,14,16). The first-order valence-electron chi connectivity index (χ1n) is 6.24. The highest BCUT2D eigenvalue weighted by atomic mass is 16.2. The molecule has 0 aromatic rings. The molecule has 0 aromatic carbocycles. The average molecular weight is 227 g/mol. The second-order valence-corrected chi connectivity index (χ2v) is 5.20. The Labute approximate surface area is 98.6 Å². The molecule has 1 rings (SSSR count). The predicted molar refractivity (Wildman–Crippen MR) is 66.1 cm³/mol. The van der Waals surface area contributed by atoms with E-state index in [2.05, 4.69) is 24.1 Å². The molecule has 0 radical (unpaired) electrons.